The molecule has 0 fully saturated rings. The van der Waals surface area contributed by atoms with Gasteiger partial charge in [-0.25, -0.2) is 13.2 Å². The topological polar surface area (TPSA) is 26.0 Å². The van der Waals surface area contributed by atoms with Crippen LogP contribution in [-0.2, 0) is 6.42 Å². The van der Waals surface area contributed by atoms with Crippen molar-refractivity contribution in [2.45, 2.75) is 19.4 Å². The fourth-order valence-electron chi connectivity index (χ4n) is 2.09. The van der Waals surface area contributed by atoms with E-state index < -0.39 is 11.6 Å². The second kappa shape index (κ2) is 5.45. The van der Waals surface area contributed by atoms with Crippen molar-refractivity contribution in [2.24, 2.45) is 5.73 Å². The molecule has 0 aliphatic heterocycles. The molecule has 2 aromatic rings. The molecule has 1 nitrogen and oxygen atoms in total. The van der Waals surface area contributed by atoms with Crippen LogP contribution >= 0.6 is 0 Å². The zero-order valence-corrected chi connectivity index (χ0v) is 10.5. The van der Waals surface area contributed by atoms with E-state index in [4.69, 9.17) is 5.73 Å². The van der Waals surface area contributed by atoms with Crippen molar-refractivity contribution < 1.29 is 13.2 Å². The van der Waals surface area contributed by atoms with Crippen LogP contribution in [0.1, 0.15) is 22.7 Å². The van der Waals surface area contributed by atoms with E-state index in [-0.39, 0.29) is 11.9 Å². The van der Waals surface area contributed by atoms with Crippen LogP contribution in [0.4, 0.5) is 13.2 Å². The minimum absolute atomic E-state index is 0.318. The van der Waals surface area contributed by atoms with E-state index >= 15 is 0 Å². The first kappa shape index (κ1) is 13.6. The molecule has 2 N–H and O–H groups in total. The van der Waals surface area contributed by atoms with Crippen LogP contribution in [0.3, 0.4) is 0 Å². The highest BCUT2D eigenvalue weighted by Crippen LogP contribution is 2.21. The normalized spacial score (nSPS) is 12.5. The molecule has 0 saturated carbocycles. The minimum Gasteiger partial charge on any atom is -0.324 e. The van der Waals surface area contributed by atoms with Crippen LogP contribution in [-0.4, -0.2) is 0 Å². The molecule has 19 heavy (non-hydrogen) atoms. The van der Waals surface area contributed by atoms with Crippen molar-refractivity contribution in [1.29, 1.82) is 0 Å². The van der Waals surface area contributed by atoms with E-state index in [1.165, 1.54) is 18.2 Å². The summed E-state index contributed by atoms with van der Waals surface area (Å²) in [5, 5.41) is 0. The average molecular weight is 265 g/mol. The summed E-state index contributed by atoms with van der Waals surface area (Å²) in [5.41, 5.74) is 8.18. The maximum atomic E-state index is 13.1. The predicted molar refractivity (Wildman–Crippen MR) is 68.1 cm³/mol. The van der Waals surface area contributed by atoms with Crippen LogP contribution in [0.15, 0.2) is 36.4 Å². The van der Waals surface area contributed by atoms with Crippen molar-refractivity contribution in [1.82, 2.24) is 0 Å². The molecule has 100 valence electrons. The van der Waals surface area contributed by atoms with Crippen LogP contribution in [0, 0.1) is 24.4 Å². The van der Waals surface area contributed by atoms with Crippen molar-refractivity contribution >= 4 is 0 Å². The summed E-state index contributed by atoms with van der Waals surface area (Å²) in [7, 11) is 0. The lowest BCUT2D eigenvalue weighted by molar-refractivity contribution is 0.506. The van der Waals surface area contributed by atoms with Crippen molar-refractivity contribution in [2.75, 3.05) is 0 Å². The van der Waals surface area contributed by atoms with Gasteiger partial charge in [-0.1, -0.05) is 12.1 Å². The van der Waals surface area contributed by atoms with E-state index in [9.17, 15) is 13.2 Å². The quantitative estimate of drug-likeness (QED) is 0.900. The molecule has 1 unspecified atom stereocenters. The number of halogens is 3. The van der Waals surface area contributed by atoms with Crippen LogP contribution in [0.2, 0.25) is 0 Å². The fourth-order valence-corrected chi connectivity index (χ4v) is 2.09. The molecule has 0 heterocycles. The molecule has 0 spiro atoms. The number of benzene rings is 2. The summed E-state index contributed by atoms with van der Waals surface area (Å²) >= 11 is 0. The first-order chi connectivity index (χ1) is 8.97. The second-order valence-electron chi connectivity index (χ2n) is 4.56. The Balaban J connectivity index is 2.20. The molecule has 0 aliphatic rings. The summed E-state index contributed by atoms with van der Waals surface area (Å²) < 4.78 is 38.9. The number of nitrogens with two attached hydrogens (primary N) is 1. The maximum Gasteiger partial charge on any atom is 0.159 e. The molecule has 0 saturated heterocycles. The third kappa shape index (κ3) is 3.15. The number of rotatable bonds is 3. The van der Waals surface area contributed by atoms with Crippen LogP contribution in [0.25, 0.3) is 0 Å². The van der Waals surface area contributed by atoms with Gasteiger partial charge in [0.25, 0.3) is 0 Å². The van der Waals surface area contributed by atoms with Crippen LogP contribution < -0.4 is 5.73 Å². The molecule has 0 radical (unpaired) electrons. The third-order valence-electron chi connectivity index (χ3n) is 3.07. The zero-order valence-electron chi connectivity index (χ0n) is 10.5. The first-order valence-electron chi connectivity index (χ1n) is 5.93. The number of hydrogen-bond donors (Lipinski definition) is 1. The summed E-state index contributed by atoms with van der Waals surface area (Å²) in [5.74, 6) is -2.09. The van der Waals surface area contributed by atoms with Gasteiger partial charge in [-0.05, 0) is 54.3 Å². The average Bonchev–Trinajstić information content (AvgIpc) is 2.33. The SMILES string of the molecule is Cc1cc(F)ccc1C(N)Cc1ccc(F)c(F)c1. The summed E-state index contributed by atoms with van der Waals surface area (Å²) in [6.45, 7) is 1.77. The maximum absolute atomic E-state index is 13.1. The Morgan fingerprint density at radius 3 is 2.37 bits per heavy atom. The third-order valence-corrected chi connectivity index (χ3v) is 3.07. The highest BCUT2D eigenvalue weighted by Gasteiger charge is 2.12. The molecule has 2 rings (SSSR count). The molecule has 1 atom stereocenters. The van der Waals surface area contributed by atoms with E-state index in [1.807, 2.05) is 0 Å². The zero-order chi connectivity index (χ0) is 14.0. The van der Waals surface area contributed by atoms with E-state index in [0.717, 1.165) is 23.3 Å². The molecular formula is C15H14F3N. The van der Waals surface area contributed by atoms with Crippen LogP contribution in [0.5, 0.6) is 0 Å². The Bertz CT molecular complexity index is 596. The van der Waals surface area contributed by atoms with Gasteiger partial charge in [0.1, 0.15) is 5.82 Å². The Morgan fingerprint density at radius 2 is 1.74 bits per heavy atom. The molecule has 4 heteroatoms. The Hall–Kier alpha value is -1.81. The van der Waals surface area contributed by atoms with Gasteiger partial charge in [0, 0.05) is 6.04 Å². The van der Waals surface area contributed by atoms with Gasteiger partial charge in [0.15, 0.2) is 11.6 Å². The lowest BCUT2D eigenvalue weighted by Gasteiger charge is -2.15. The monoisotopic (exact) mass is 265 g/mol. The summed E-state index contributed by atoms with van der Waals surface area (Å²) in [4.78, 5) is 0. The van der Waals surface area contributed by atoms with E-state index in [2.05, 4.69) is 0 Å². The highest BCUT2D eigenvalue weighted by atomic mass is 19.2. The summed E-state index contributed by atoms with van der Waals surface area (Å²) in [6.07, 6.45) is 0.365. The lowest BCUT2D eigenvalue weighted by atomic mass is 9.96. The number of hydrogen-bond acceptors (Lipinski definition) is 1. The second-order valence-corrected chi connectivity index (χ2v) is 4.56. The molecule has 0 aliphatic carbocycles. The molecular weight excluding hydrogens is 251 g/mol. The van der Waals surface area contributed by atoms with Gasteiger partial charge in [0.05, 0.1) is 0 Å². The smallest absolute Gasteiger partial charge is 0.159 e. The lowest BCUT2D eigenvalue weighted by Crippen LogP contribution is -2.15. The fraction of sp³-hybridized carbons (Fsp3) is 0.200. The van der Waals surface area contributed by atoms with Gasteiger partial charge in [-0.2, -0.15) is 0 Å². The molecule has 0 aromatic heterocycles. The highest BCUT2D eigenvalue weighted by molar-refractivity contribution is 5.31. The first-order valence-corrected chi connectivity index (χ1v) is 5.93. The minimum atomic E-state index is -0.888. The predicted octanol–water partition coefficient (Wildman–Crippen LogP) is 3.65. The Labute approximate surface area is 109 Å². The van der Waals surface area contributed by atoms with E-state index in [1.54, 1.807) is 13.0 Å². The standard InChI is InChI=1S/C15H14F3N/c1-9-6-11(16)3-4-12(9)15(19)8-10-2-5-13(17)14(18)7-10/h2-7,15H,8,19H2,1H3. The van der Waals surface area contributed by atoms with Crippen molar-refractivity contribution in [3.8, 4) is 0 Å². The van der Waals surface area contributed by atoms with E-state index in [0.29, 0.717) is 12.0 Å². The molecule has 0 bridgehead atoms. The van der Waals surface area contributed by atoms with Crippen molar-refractivity contribution in [3.05, 3.63) is 70.5 Å². The van der Waals surface area contributed by atoms with Gasteiger partial charge < -0.3 is 5.73 Å². The molecule has 2 aromatic carbocycles. The Kier molecular flexibility index (Phi) is 3.90. The summed E-state index contributed by atoms with van der Waals surface area (Å²) in [6, 6.07) is 7.69. The van der Waals surface area contributed by atoms with Gasteiger partial charge in [-0.3, -0.25) is 0 Å². The van der Waals surface area contributed by atoms with Gasteiger partial charge in [0.2, 0.25) is 0 Å². The largest absolute Gasteiger partial charge is 0.324 e. The number of aryl methyl sites for hydroxylation is 1. The Morgan fingerprint density at radius 1 is 1.00 bits per heavy atom. The van der Waals surface area contributed by atoms with Gasteiger partial charge in [-0.15, -0.1) is 0 Å². The molecule has 0 amide bonds. The van der Waals surface area contributed by atoms with Gasteiger partial charge >= 0.3 is 0 Å². The van der Waals surface area contributed by atoms with Crippen molar-refractivity contribution in [3.63, 3.8) is 0 Å².